The summed E-state index contributed by atoms with van der Waals surface area (Å²) in [6, 6.07) is 7.58. The molecule has 128 valence electrons. The molecule has 0 saturated carbocycles. The smallest absolute Gasteiger partial charge is 0.305 e. The summed E-state index contributed by atoms with van der Waals surface area (Å²) >= 11 is 0. The lowest BCUT2D eigenvalue weighted by Gasteiger charge is -2.30. The van der Waals surface area contributed by atoms with E-state index in [1.165, 1.54) is 0 Å². The van der Waals surface area contributed by atoms with Gasteiger partial charge in [-0.2, -0.15) is 0 Å². The minimum absolute atomic E-state index is 0.00276. The molecule has 1 fully saturated rings. The first-order valence-electron chi connectivity index (χ1n) is 8.46. The van der Waals surface area contributed by atoms with E-state index in [0.29, 0.717) is 19.5 Å². The van der Waals surface area contributed by atoms with E-state index in [1.807, 2.05) is 24.3 Å². The number of hydrogen-bond acceptors (Lipinski definition) is 3. The number of benzene rings is 1. The van der Waals surface area contributed by atoms with Gasteiger partial charge < -0.3 is 14.9 Å². The van der Waals surface area contributed by atoms with Crippen LogP contribution in [0.25, 0.3) is 0 Å². The van der Waals surface area contributed by atoms with Crippen LogP contribution >= 0.6 is 0 Å². The summed E-state index contributed by atoms with van der Waals surface area (Å²) in [5.74, 6) is -0.889. The Labute approximate surface area is 141 Å². The molecule has 2 aliphatic heterocycles. The number of carbonyl (C=O) groups excluding carboxylic acids is 2. The van der Waals surface area contributed by atoms with Crippen LogP contribution in [0.3, 0.4) is 0 Å². The first-order valence-corrected chi connectivity index (χ1v) is 8.46. The second-order valence-electron chi connectivity index (χ2n) is 6.41. The Morgan fingerprint density at radius 2 is 2.00 bits per heavy atom. The molecule has 6 heteroatoms. The minimum Gasteiger partial charge on any atom is -0.481 e. The largest absolute Gasteiger partial charge is 0.481 e. The van der Waals surface area contributed by atoms with Crippen LogP contribution < -0.4 is 4.90 Å². The average molecular weight is 330 g/mol. The fraction of sp³-hybridized carbons (Fsp3) is 0.500. The molecular formula is C18H22N2O4. The third kappa shape index (κ3) is 3.42. The molecular weight excluding hydrogens is 308 g/mol. The molecule has 1 atom stereocenters. The van der Waals surface area contributed by atoms with Crippen molar-refractivity contribution in [2.24, 2.45) is 0 Å². The van der Waals surface area contributed by atoms with Crippen LogP contribution in [0.1, 0.15) is 37.7 Å². The van der Waals surface area contributed by atoms with Crippen LogP contribution in [0.2, 0.25) is 0 Å². The van der Waals surface area contributed by atoms with Crippen molar-refractivity contribution in [2.75, 3.05) is 18.0 Å². The minimum atomic E-state index is -0.875. The van der Waals surface area contributed by atoms with Gasteiger partial charge in [0.25, 0.3) is 0 Å². The van der Waals surface area contributed by atoms with Crippen molar-refractivity contribution in [3.8, 4) is 0 Å². The summed E-state index contributed by atoms with van der Waals surface area (Å²) in [6.45, 7) is 0.965. The van der Waals surface area contributed by atoms with Gasteiger partial charge in [0.2, 0.25) is 11.8 Å². The monoisotopic (exact) mass is 330 g/mol. The predicted octanol–water partition coefficient (Wildman–Crippen LogP) is 1.82. The van der Waals surface area contributed by atoms with Gasteiger partial charge in [-0.25, -0.2) is 0 Å². The van der Waals surface area contributed by atoms with Crippen molar-refractivity contribution in [2.45, 2.75) is 44.6 Å². The second kappa shape index (κ2) is 7.03. The van der Waals surface area contributed by atoms with Crippen LogP contribution in [0.4, 0.5) is 5.69 Å². The van der Waals surface area contributed by atoms with Gasteiger partial charge in [0, 0.05) is 37.7 Å². The van der Waals surface area contributed by atoms with Gasteiger partial charge in [-0.1, -0.05) is 18.2 Å². The van der Waals surface area contributed by atoms with E-state index in [9.17, 15) is 14.4 Å². The number of likely N-dealkylation sites (tertiary alicyclic amines) is 1. The highest BCUT2D eigenvalue weighted by atomic mass is 16.4. The number of anilines is 1. The highest BCUT2D eigenvalue weighted by molar-refractivity contribution is 5.97. The van der Waals surface area contributed by atoms with Crippen molar-refractivity contribution in [1.82, 2.24) is 4.90 Å². The Morgan fingerprint density at radius 1 is 1.21 bits per heavy atom. The topological polar surface area (TPSA) is 77.9 Å². The molecule has 1 N–H and O–H groups in total. The Hall–Kier alpha value is -2.37. The van der Waals surface area contributed by atoms with Gasteiger partial charge in [0.1, 0.15) is 0 Å². The van der Waals surface area contributed by atoms with E-state index < -0.39 is 5.97 Å². The Bertz CT molecular complexity index is 658. The molecule has 0 radical (unpaired) electrons. The maximum absolute atomic E-state index is 12.5. The number of para-hydroxylation sites is 1. The number of carboxylic acids is 1. The lowest BCUT2D eigenvalue weighted by Crippen LogP contribution is -2.41. The van der Waals surface area contributed by atoms with Gasteiger partial charge in [0.05, 0.1) is 6.42 Å². The third-order valence-electron chi connectivity index (χ3n) is 4.85. The van der Waals surface area contributed by atoms with E-state index in [2.05, 4.69) is 0 Å². The number of nitrogens with zero attached hydrogens (tertiary/aromatic N) is 2. The third-order valence-corrected chi connectivity index (χ3v) is 4.85. The molecule has 2 aliphatic rings. The van der Waals surface area contributed by atoms with Crippen molar-refractivity contribution >= 4 is 23.5 Å². The average Bonchev–Trinajstić information content (AvgIpc) is 3.01. The Kier molecular flexibility index (Phi) is 4.83. The quantitative estimate of drug-likeness (QED) is 0.893. The number of rotatable bonds is 5. The number of carbonyl (C=O) groups is 3. The molecule has 2 amide bonds. The van der Waals surface area contributed by atoms with Crippen LogP contribution in [-0.2, 0) is 20.8 Å². The van der Waals surface area contributed by atoms with E-state index in [4.69, 9.17) is 5.11 Å². The molecule has 24 heavy (non-hydrogen) atoms. The van der Waals surface area contributed by atoms with E-state index in [1.54, 1.807) is 9.80 Å². The number of hydrogen-bond donors (Lipinski definition) is 1. The SMILES string of the molecule is O=C(O)CC1CCCN1C(=O)CCN1C(=O)CCc2ccccc21. The number of amides is 2. The zero-order valence-electron chi connectivity index (χ0n) is 13.6. The van der Waals surface area contributed by atoms with Crippen LogP contribution in [0.5, 0.6) is 0 Å². The molecule has 1 aromatic carbocycles. The molecule has 1 unspecified atom stereocenters. The normalized spacial score (nSPS) is 20.2. The van der Waals surface area contributed by atoms with E-state index in [-0.39, 0.29) is 30.7 Å². The summed E-state index contributed by atoms with van der Waals surface area (Å²) in [5, 5.41) is 8.96. The van der Waals surface area contributed by atoms with Crippen LogP contribution in [0, 0.1) is 0 Å². The first kappa shape index (κ1) is 16.5. The predicted molar refractivity (Wildman–Crippen MR) is 88.7 cm³/mol. The molecule has 0 aromatic heterocycles. The zero-order valence-corrected chi connectivity index (χ0v) is 13.6. The Morgan fingerprint density at radius 3 is 2.79 bits per heavy atom. The summed E-state index contributed by atoms with van der Waals surface area (Å²) in [4.78, 5) is 39.0. The van der Waals surface area contributed by atoms with Crippen molar-refractivity contribution in [3.05, 3.63) is 29.8 Å². The number of aliphatic carboxylic acids is 1. The van der Waals surface area contributed by atoms with Gasteiger partial charge >= 0.3 is 5.97 Å². The first-order chi connectivity index (χ1) is 11.6. The molecule has 1 saturated heterocycles. The van der Waals surface area contributed by atoms with Crippen LogP contribution in [-0.4, -0.2) is 46.9 Å². The maximum atomic E-state index is 12.5. The molecule has 1 aromatic rings. The molecule has 0 spiro atoms. The highest BCUT2D eigenvalue weighted by Crippen LogP contribution is 2.28. The lowest BCUT2D eigenvalue weighted by atomic mass is 10.0. The number of aryl methyl sites for hydroxylation is 1. The molecule has 2 heterocycles. The van der Waals surface area contributed by atoms with E-state index in [0.717, 1.165) is 30.5 Å². The van der Waals surface area contributed by atoms with Gasteiger partial charge in [-0.3, -0.25) is 14.4 Å². The summed E-state index contributed by atoms with van der Waals surface area (Å²) in [5.41, 5.74) is 2.03. The highest BCUT2D eigenvalue weighted by Gasteiger charge is 2.31. The zero-order chi connectivity index (χ0) is 17.1. The lowest BCUT2D eigenvalue weighted by molar-refractivity contribution is -0.139. The van der Waals surface area contributed by atoms with Gasteiger partial charge in [-0.05, 0) is 30.9 Å². The standard InChI is InChI=1S/C18H22N2O4/c21-16-8-7-13-4-1-2-6-15(13)20(16)11-9-17(22)19-10-3-5-14(19)12-18(23)24/h1-2,4,6,14H,3,5,7-12H2,(H,23,24). The van der Waals surface area contributed by atoms with Crippen molar-refractivity contribution < 1.29 is 19.5 Å². The van der Waals surface area contributed by atoms with Gasteiger partial charge in [-0.15, -0.1) is 0 Å². The summed E-state index contributed by atoms with van der Waals surface area (Å²) < 4.78 is 0. The van der Waals surface area contributed by atoms with Gasteiger partial charge in [0.15, 0.2) is 0 Å². The van der Waals surface area contributed by atoms with Crippen molar-refractivity contribution in [1.29, 1.82) is 0 Å². The molecule has 6 nitrogen and oxygen atoms in total. The molecule has 0 bridgehead atoms. The fourth-order valence-corrected chi connectivity index (χ4v) is 3.67. The number of carboxylic acid groups (broad SMARTS) is 1. The fourth-order valence-electron chi connectivity index (χ4n) is 3.67. The number of fused-ring (bicyclic) bond motifs is 1. The maximum Gasteiger partial charge on any atom is 0.305 e. The van der Waals surface area contributed by atoms with Crippen molar-refractivity contribution in [3.63, 3.8) is 0 Å². The summed E-state index contributed by atoms with van der Waals surface area (Å²) in [6.07, 6.45) is 3.02. The molecule has 3 rings (SSSR count). The molecule has 0 aliphatic carbocycles. The summed E-state index contributed by atoms with van der Waals surface area (Å²) in [7, 11) is 0. The van der Waals surface area contributed by atoms with E-state index >= 15 is 0 Å². The Balaban J connectivity index is 1.64. The second-order valence-corrected chi connectivity index (χ2v) is 6.41. The van der Waals surface area contributed by atoms with Crippen LogP contribution in [0.15, 0.2) is 24.3 Å².